The molecule has 3 aromatic carbocycles. The number of aliphatic hydroxyl groups excluding tert-OH is 1. The number of hydrazone groups is 1. The number of hydrogen-bond donors (Lipinski definition) is 3. The van der Waals surface area contributed by atoms with Gasteiger partial charge in [0.05, 0.1) is 12.3 Å². The van der Waals surface area contributed by atoms with Gasteiger partial charge in [-0.15, -0.1) is 15.2 Å². The van der Waals surface area contributed by atoms with Gasteiger partial charge in [0.1, 0.15) is 19.0 Å². The Balaban J connectivity index is 1.35. The van der Waals surface area contributed by atoms with Crippen LogP contribution in [0.5, 0.6) is 0 Å². The Morgan fingerprint density at radius 3 is 2.36 bits per heavy atom. The maximum atomic E-state index is 12.1. The lowest BCUT2D eigenvalue weighted by Gasteiger charge is -2.15. The van der Waals surface area contributed by atoms with Gasteiger partial charge in [0.15, 0.2) is 17.7 Å². The molecule has 4 aromatic rings. The number of hydrogen-bond acceptors (Lipinski definition) is 11. The molecule has 248 valence electrons. The highest BCUT2D eigenvalue weighted by molar-refractivity contribution is 6.30. The van der Waals surface area contributed by atoms with Crippen molar-refractivity contribution in [3.8, 4) is 11.1 Å². The molecule has 0 unspecified atom stereocenters. The molecule has 0 aliphatic heterocycles. The van der Waals surface area contributed by atoms with E-state index in [1.165, 1.54) is 0 Å². The Labute approximate surface area is 276 Å². The second kappa shape index (κ2) is 16.9. The largest absolute Gasteiger partial charge is 0.510 e. The summed E-state index contributed by atoms with van der Waals surface area (Å²) in [6.45, 7) is 1.73. The number of hydrazine groups is 1. The van der Waals surface area contributed by atoms with Gasteiger partial charge >= 0.3 is 6.16 Å². The van der Waals surface area contributed by atoms with Crippen molar-refractivity contribution in [1.82, 2.24) is 14.7 Å². The predicted molar refractivity (Wildman–Crippen MR) is 174 cm³/mol. The van der Waals surface area contributed by atoms with Crippen LogP contribution in [0.2, 0.25) is 5.15 Å². The Morgan fingerprint density at radius 2 is 1.70 bits per heavy atom. The number of ether oxygens (including phenoxy) is 2. The van der Waals surface area contributed by atoms with Gasteiger partial charge < -0.3 is 29.7 Å². The third-order valence-corrected chi connectivity index (χ3v) is 7.38. The smallest absolute Gasteiger partial charge is 0.429 e. The molecule has 0 aliphatic carbocycles. The fraction of sp³-hybridized carbons (Fsp3) is 0.281. The van der Waals surface area contributed by atoms with Gasteiger partial charge in [-0.3, -0.25) is 0 Å². The third kappa shape index (κ3) is 9.90. The topological polar surface area (TPSA) is 194 Å². The second-order valence-electron chi connectivity index (χ2n) is 10.4. The second-order valence-corrected chi connectivity index (χ2v) is 10.8. The molecule has 0 saturated heterocycles. The molecule has 4 rings (SSSR count). The lowest BCUT2D eigenvalue weighted by Crippen LogP contribution is -2.33. The highest BCUT2D eigenvalue weighted by atomic mass is 35.5. The Kier molecular flexibility index (Phi) is 12.5. The summed E-state index contributed by atoms with van der Waals surface area (Å²) in [5, 5.41) is 24.7. The monoisotopic (exact) mass is 665 g/mol. The van der Waals surface area contributed by atoms with E-state index in [9.17, 15) is 20.0 Å². The molecule has 47 heavy (non-hydrogen) atoms. The molecule has 0 bridgehead atoms. The van der Waals surface area contributed by atoms with E-state index >= 15 is 0 Å². The molecule has 15 heteroatoms. The van der Waals surface area contributed by atoms with Gasteiger partial charge in [-0.25, -0.2) is 15.6 Å². The predicted octanol–water partition coefficient (Wildman–Crippen LogP) is 4.90. The summed E-state index contributed by atoms with van der Waals surface area (Å²) in [4.78, 5) is 31.2. The van der Waals surface area contributed by atoms with Crippen molar-refractivity contribution in [2.24, 2.45) is 16.7 Å². The molecule has 0 atom stereocenters. The van der Waals surface area contributed by atoms with E-state index in [4.69, 9.17) is 32.7 Å². The number of imidazole rings is 1. The molecule has 0 aliphatic rings. The van der Waals surface area contributed by atoms with Gasteiger partial charge in [-0.2, -0.15) is 5.12 Å². The van der Waals surface area contributed by atoms with E-state index in [0.717, 1.165) is 46.9 Å². The van der Waals surface area contributed by atoms with Crippen molar-refractivity contribution in [2.45, 2.75) is 52.6 Å². The van der Waals surface area contributed by atoms with Crippen molar-refractivity contribution in [1.29, 1.82) is 0 Å². The van der Waals surface area contributed by atoms with Gasteiger partial charge in [0, 0.05) is 18.5 Å². The summed E-state index contributed by atoms with van der Waals surface area (Å²) in [5.41, 5.74) is 11.5. The fourth-order valence-electron chi connectivity index (χ4n) is 4.68. The van der Waals surface area contributed by atoms with E-state index in [-0.39, 0.29) is 25.7 Å². The molecule has 0 saturated carbocycles. The van der Waals surface area contributed by atoms with Crippen LogP contribution < -0.4 is 11.6 Å². The summed E-state index contributed by atoms with van der Waals surface area (Å²) in [7, 11) is 0. The van der Waals surface area contributed by atoms with E-state index in [2.05, 4.69) is 21.8 Å². The zero-order chi connectivity index (χ0) is 33.8. The molecule has 1 aromatic heterocycles. The van der Waals surface area contributed by atoms with Crippen LogP contribution in [-0.4, -0.2) is 43.6 Å². The van der Waals surface area contributed by atoms with Crippen LogP contribution in [0.3, 0.4) is 0 Å². The van der Waals surface area contributed by atoms with Crippen LogP contribution in [0, 0.1) is 10.1 Å². The molecule has 1 heterocycles. The quantitative estimate of drug-likeness (QED) is 0.0280. The van der Waals surface area contributed by atoms with Crippen molar-refractivity contribution in [3.63, 3.8) is 0 Å². The minimum absolute atomic E-state index is 0.0873. The van der Waals surface area contributed by atoms with Crippen LogP contribution in [0.1, 0.15) is 53.5 Å². The molecule has 0 spiro atoms. The maximum absolute atomic E-state index is 12.1. The number of rotatable bonds is 16. The number of carbonyl (C=O) groups is 1. The number of unbranched alkanes of at least 4 members (excludes halogenated alkanes) is 1. The summed E-state index contributed by atoms with van der Waals surface area (Å²) in [6, 6.07) is 21.9. The van der Waals surface area contributed by atoms with Crippen LogP contribution in [-0.2, 0) is 47.1 Å². The molecule has 14 nitrogen and oxygen atoms in total. The summed E-state index contributed by atoms with van der Waals surface area (Å²) < 4.78 is 12.1. The van der Waals surface area contributed by atoms with Crippen LogP contribution in [0.25, 0.3) is 11.1 Å². The van der Waals surface area contributed by atoms with Crippen molar-refractivity contribution in [2.75, 3.05) is 6.73 Å². The van der Waals surface area contributed by atoms with E-state index in [1.807, 2.05) is 47.0 Å². The van der Waals surface area contributed by atoms with Crippen molar-refractivity contribution >= 4 is 23.6 Å². The molecular formula is C32H36ClN7O7. The Hall–Kier alpha value is -5.18. The number of nitrogens with zero attached hydrogens (tertiary/aromatic N) is 5. The molecule has 0 radical (unpaired) electrons. The van der Waals surface area contributed by atoms with Gasteiger partial charge in [0.25, 0.3) is 5.09 Å². The number of aryl methyl sites for hydroxylation is 1. The van der Waals surface area contributed by atoms with E-state index in [1.54, 1.807) is 30.3 Å². The Morgan fingerprint density at radius 1 is 1.04 bits per heavy atom. The van der Waals surface area contributed by atoms with Crippen LogP contribution in [0.15, 0.2) is 77.9 Å². The number of carbonyl (C=O) groups excluding carboxylic acids is 1. The number of nitrogens with two attached hydrogens (primary N) is 2. The average Bonchev–Trinajstić information content (AvgIpc) is 3.38. The Bertz CT molecular complexity index is 1680. The lowest BCUT2D eigenvalue weighted by molar-refractivity contribution is -0.763. The molecular weight excluding hydrogens is 630 g/mol. The van der Waals surface area contributed by atoms with Gasteiger partial charge in [-0.05, 0) is 34.2 Å². The first-order valence-corrected chi connectivity index (χ1v) is 15.1. The number of benzene rings is 3. The van der Waals surface area contributed by atoms with Crippen molar-refractivity contribution in [3.05, 3.63) is 122 Å². The zero-order valence-electron chi connectivity index (χ0n) is 25.8. The standard InChI is InChI=1S/C32H36ClN7O7/c1-2-3-8-29-36-30(33)28(18-41)38(29)17-22-13-15-25(16-14-22)26-6-4-5-7-27(26)31(34)37-39(35)21-46-32(42)45-19-23-9-11-24(12-10-23)20-47-40(43)44/h4-7,9-16,41H,2-3,8,17-21,35H2,1H3,(H2,34,37). The first-order chi connectivity index (χ1) is 22.7. The molecule has 5 N–H and O–H groups in total. The van der Waals surface area contributed by atoms with Crippen LogP contribution >= 0.6 is 11.6 Å². The summed E-state index contributed by atoms with van der Waals surface area (Å²) >= 11 is 6.30. The summed E-state index contributed by atoms with van der Waals surface area (Å²) in [5.74, 6) is 6.87. The molecule has 0 fully saturated rings. The fourth-order valence-corrected chi connectivity index (χ4v) is 4.94. The minimum atomic E-state index is -0.975. The van der Waals surface area contributed by atoms with Gasteiger partial charge in [-0.1, -0.05) is 97.7 Å². The van der Waals surface area contributed by atoms with Crippen molar-refractivity contribution < 1.29 is 29.3 Å². The van der Waals surface area contributed by atoms with E-state index < -0.39 is 18.0 Å². The number of halogens is 1. The first-order valence-electron chi connectivity index (χ1n) is 14.7. The number of aliphatic hydroxyl groups is 1. The first kappa shape index (κ1) is 34.7. The van der Waals surface area contributed by atoms with E-state index in [0.29, 0.717) is 34.1 Å². The molecule has 0 amide bonds. The maximum Gasteiger partial charge on any atom is 0.510 e. The van der Waals surface area contributed by atoms with Crippen LogP contribution in [0.4, 0.5) is 4.79 Å². The summed E-state index contributed by atoms with van der Waals surface area (Å²) in [6.07, 6.45) is 1.78. The SMILES string of the molecule is CCCCc1nc(Cl)c(CO)n1Cc1ccc(-c2ccccc2/C(N)=N/N(N)COC(=O)OCc2ccc(CO[N+](=O)[O-])cc2)cc1. The number of amidine groups is 1. The number of aromatic nitrogens is 2. The lowest BCUT2D eigenvalue weighted by atomic mass is 9.98. The normalized spacial score (nSPS) is 11.3. The minimum Gasteiger partial charge on any atom is -0.429 e. The third-order valence-electron chi connectivity index (χ3n) is 7.08. The van der Waals surface area contributed by atoms with Gasteiger partial charge in [0.2, 0.25) is 0 Å². The zero-order valence-corrected chi connectivity index (χ0v) is 26.5. The highest BCUT2D eigenvalue weighted by Gasteiger charge is 2.16. The highest BCUT2D eigenvalue weighted by Crippen LogP contribution is 2.26. The average molecular weight is 666 g/mol.